The third-order valence-electron chi connectivity index (χ3n) is 5.07. The van der Waals surface area contributed by atoms with Gasteiger partial charge in [-0.25, -0.2) is 4.90 Å². The van der Waals surface area contributed by atoms with E-state index in [1.165, 1.54) is 12.1 Å². The number of aryl methyl sites for hydroxylation is 1. The topological polar surface area (TPSA) is 93.7 Å². The lowest BCUT2D eigenvalue weighted by Crippen LogP contribution is -2.27. The number of para-hydroxylation sites is 1. The zero-order valence-corrected chi connectivity index (χ0v) is 18.1. The van der Waals surface area contributed by atoms with Crippen LogP contribution in [0.2, 0.25) is 0 Å². The zero-order chi connectivity index (χ0) is 22.7. The molecule has 0 atom stereocenters. The van der Waals surface area contributed by atoms with Gasteiger partial charge in [0.1, 0.15) is 11.5 Å². The molecule has 1 aliphatic heterocycles. The number of benzene rings is 2. The predicted molar refractivity (Wildman–Crippen MR) is 124 cm³/mol. The summed E-state index contributed by atoms with van der Waals surface area (Å²) in [4.78, 5) is 37.6. The van der Waals surface area contributed by atoms with Gasteiger partial charge in [-0.2, -0.15) is 0 Å². The van der Waals surface area contributed by atoms with E-state index in [-0.39, 0.29) is 15.8 Å². The van der Waals surface area contributed by atoms with Crippen molar-refractivity contribution in [3.63, 3.8) is 0 Å². The monoisotopic (exact) mass is 448 g/mol. The van der Waals surface area contributed by atoms with Gasteiger partial charge in [0.15, 0.2) is 0 Å². The average molecular weight is 449 g/mol. The Labute approximate surface area is 188 Å². The number of furan rings is 1. The number of nitrogens with zero attached hydrogens (tertiary/aromatic N) is 2. The van der Waals surface area contributed by atoms with Crippen LogP contribution < -0.4 is 4.90 Å². The van der Waals surface area contributed by atoms with Crippen molar-refractivity contribution in [1.82, 2.24) is 0 Å². The van der Waals surface area contributed by atoms with Gasteiger partial charge in [-0.1, -0.05) is 37.6 Å². The molecule has 2 heterocycles. The van der Waals surface area contributed by atoms with E-state index in [4.69, 9.17) is 4.42 Å². The van der Waals surface area contributed by atoms with Gasteiger partial charge in [0, 0.05) is 12.1 Å². The number of nitro benzene ring substituents is 1. The zero-order valence-electron chi connectivity index (χ0n) is 17.3. The second-order valence-electron chi connectivity index (χ2n) is 7.26. The van der Waals surface area contributed by atoms with Crippen LogP contribution in [0.5, 0.6) is 0 Å². The molecule has 1 aliphatic rings. The minimum Gasteiger partial charge on any atom is -0.456 e. The Balaban J connectivity index is 1.56. The minimum absolute atomic E-state index is 0.0730. The highest BCUT2D eigenvalue weighted by Gasteiger charge is 2.36. The molecule has 1 aromatic heterocycles. The Kier molecular flexibility index (Phi) is 6.23. The number of unbranched alkanes of at least 4 members (excludes halogenated alkanes) is 1. The van der Waals surface area contributed by atoms with Crippen LogP contribution in [-0.2, 0) is 11.2 Å². The van der Waals surface area contributed by atoms with Crippen molar-refractivity contribution < 1.29 is 18.9 Å². The SMILES string of the molecule is CCCCc1ccc(N2C(=O)S/C(=C/c3ccc(-c4ccccc4[N+](=O)[O-])o3)C2=O)cc1. The molecular formula is C24H20N2O5S. The smallest absolute Gasteiger partial charge is 0.298 e. The molecule has 7 nitrogen and oxygen atoms in total. The Bertz CT molecular complexity index is 1210. The Morgan fingerprint density at radius 2 is 1.81 bits per heavy atom. The van der Waals surface area contributed by atoms with Crippen molar-refractivity contribution in [2.75, 3.05) is 4.90 Å². The normalized spacial score (nSPS) is 15.0. The van der Waals surface area contributed by atoms with Gasteiger partial charge in [0.2, 0.25) is 0 Å². The van der Waals surface area contributed by atoms with Crippen molar-refractivity contribution in [2.45, 2.75) is 26.2 Å². The number of nitro groups is 1. The molecule has 2 amide bonds. The number of imide groups is 1. The number of anilines is 1. The van der Waals surface area contributed by atoms with Gasteiger partial charge in [0.05, 0.1) is 21.1 Å². The summed E-state index contributed by atoms with van der Waals surface area (Å²) in [7, 11) is 0. The molecule has 0 N–H and O–H groups in total. The quantitative estimate of drug-likeness (QED) is 0.235. The van der Waals surface area contributed by atoms with E-state index in [1.54, 1.807) is 42.5 Å². The highest BCUT2D eigenvalue weighted by molar-refractivity contribution is 8.19. The minimum atomic E-state index is -0.476. The third kappa shape index (κ3) is 4.36. The van der Waals surface area contributed by atoms with Crippen molar-refractivity contribution in [2.24, 2.45) is 0 Å². The van der Waals surface area contributed by atoms with Crippen molar-refractivity contribution in [3.05, 3.63) is 87.0 Å². The standard InChI is InChI=1S/C24H20N2O5S/c1-2-3-6-16-9-11-17(12-10-16)25-23(27)22(32-24(25)28)15-18-13-14-21(31-18)19-7-4-5-8-20(19)26(29)30/h4-5,7-15H,2-3,6H2,1H3/b22-15+. The average Bonchev–Trinajstić information content (AvgIpc) is 3.37. The molecule has 8 heteroatoms. The predicted octanol–water partition coefficient (Wildman–Crippen LogP) is 6.44. The van der Waals surface area contributed by atoms with Crippen LogP contribution in [0.4, 0.5) is 16.2 Å². The largest absolute Gasteiger partial charge is 0.456 e. The fourth-order valence-electron chi connectivity index (χ4n) is 3.43. The molecule has 0 saturated carbocycles. The van der Waals surface area contributed by atoms with E-state index in [0.29, 0.717) is 22.8 Å². The fraction of sp³-hybridized carbons (Fsp3) is 0.167. The summed E-state index contributed by atoms with van der Waals surface area (Å²) in [5, 5.41) is 10.9. The van der Waals surface area contributed by atoms with Crippen LogP contribution in [0.3, 0.4) is 0 Å². The molecule has 0 bridgehead atoms. The molecule has 0 aliphatic carbocycles. The Hall–Kier alpha value is -3.65. The highest BCUT2D eigenvalue weighted by atomic mass is 32.2. The summed E-state index contributed by atoms with van der Waals surface area (Å²) >= 11 is 0.833. The van der Waals surface area contributed by atoms with Crippen molar-refractivity contribution in [3.8, 4) is 11.3 Å². The number of rotatable bonds is 7. The maximum Gasteiger partial charge on any atom is 0.298 e. The maximum absolute atomic E-state index is 12.9. The van der Waals surface area contributed by atoms with E-state index in [9.17, 15) is 19.7 Å². The lowest BCUT2D eigenvalue weighted by atomic mass is 10.1. The molecule has 4 rings (SSSR count). The van der Waals surface area contributed by atoms with Gasteiger partial charge in [-0.15, -0.1) is 0 Å². The van der Waals surface area contributed by atoms with E-state index < -0.39 is 10.8 Å². The first-order valence-corrected chi connectivity index (χ1v) is 11.0. The van der Waals surface area contributed by atoms with Crippen LogP contribution in [0.1, 0.15) is 31.1 Å². The second-order valence-corrected chi connectivity index (χ2v) is 8.26. The molecule has 0 spiro atoms. The summed E-state index contributed by atoms with van der Waals surface area (Å²) in [6.07, 6.45) is 4.63. The Morgan fingerprint density at radius 1 is 1.06 bits per heavy atom. The van der Waals surface area contributed by atoms with E-state index in [1.807, 2.05) is 12.1 Å². The summed E-state index contributed by atoms with van der Waals surface area (Å²) in [5.74, 6) is 0.217. The molecule has 1 saturated heterocycles. The van der Waals surface area contributed by atoms with Crippen molar-refractivity contribution in [1.29, 1.82) is 0 Å². The maximum atomic E-state index is 12.9. The number of hydrogen-bond acceptors (Lipinski definition) is 6. The summed E-state index contributed by atoms with van der Waals surface area (Å²) < 4.78 is 5.72. The first kappa shape index (κ1) is 21.6. The number of carbonyl (C=O) groups is 2. The van der Waals surface area contributed by atoms with E-state index >= 15 is 0 Å². The molecule has 3 aromatic rings. The number of hydrogen-bond donors (Lipinski definition) is 0. The molecule has 162 valence electrons. The van der Waals surface area contributed by atoms with Crippen LogP contribution in [0.15, 0.2) is 70.0 Å². The fourth-order valence-corrected chi connectivity index (χ4v) is 4.25. The van der Waals surface area contributed by atoms with E-state index in [0.717, 1.165) is 41.5 Å². The molecule has 0 unspecified atom stereocenters. The summed E-state index contributed by atoms with van der Waals surface area (Å²) in [5.41, 5.74) is 1.96. The Morgan fingerprint density at radius 3 is 2.53 bits per heavy atom. The molecule has 32 heavy (non-hydrogen) atoms. The molecule has 2 aromatic carbocycles. The number of thioether (sulfide) groups is 1. The lowest BCUT2D eigenvalue weighted by Gasteiger charge is -2.13. The molecule has 0 radical (unpaired) electrons. The van der Waals surface area contributed by atoms with Gasteiger partial charge < -0.3 is 4.42 Å². The highest BCUT2D eigenvalue weighted by Crippen LogP contribution is 2.37. The van der Waals surface area contributed by atoms with Gasteiger partial charge in [-0.3, -0.25) is 19.7 Å². The van der Waals surface area contributed by atoms with Gasteiger partial charge >= 0.3 is 0 Å². The number of amides is 2. The first-order valence-electron chi connectivity index (χ1n) is 10.2. The van der Waals surface area contributed by atoms with Crippen LogP contribution in [0, 0.1) is 10.1 Å². The van der Waals surface area contributed by atoms with Gasteiger partial charge in [-0.05, 0) is 60.5 Å². The second kappa shape index (κ2) is 9.23. The molecular weight excluding hydrogens is 428 g/mol. The number of carbonyl (C=O) groups excluding carboxylic acids is 2. The summed E-state index contributed by atoms with van der Waals surface area (Å²) in [6, 6.07) is 16.9. The van der Waals surface area contributed by atoms with Crippen LogP contribution in [0.25, 0.3) is 17.4 Å². The molecule has 1 fully saturated rings. The summed E-state index contributed by atoms with van der Waals surface area (Å²) in [6.45, 7) is 2.13. The van der Waals surface area contributed by atoms with Crippen molar-refractivity contribution >= 4 is 40.4 Å². The van der Waals surface area contributed by atoms with Crippen LogP contribution in [-0.4, -0.2) is 16.1 Å². The van der Waals surface area contributed by atoms with Gasteiger partial charge in [0.25, 0.3) is 16.8 Å². The lowest BCUT2D eigenvalue weighted by molar-refractivity contribution is -0.384. The third-order valence-corrected chi connectivity index (χ3v) is 5.94. The van der Waals surface area contributed by atoms with E-state index in [2.05, 4.69) is 6.92 Å². The first-order chi connectivity index (χ1) is 15.5. The van der Waals surface area contributed by atoms with Crippen LogP contribution >= 0.6 is 11.8 Å².